The third-order valence-electron chi connectivity index (χ3n) is 2.46. The number of aromatic nitrogens is 4. The van der Waals surface area contributed by atoms with E-state index in [0.29, 0.717) is 25.2 Å². The van der Waals surface area contributed by atoms with E-state index in [4.69, 9.17) is 0 Å². The van der Waals surface area contributed by atoms with Gasteiger partial charge >= 0.3 is 6.18 Å². The molecule has 0 aliphatic heterocycles. The molecule has 2 rings (SSSR count). The smallest absolute Gasteiger partial charge is 0.370 e. The van der Waals surface area contributed by atoms with Crippen molar-refractivity contribution in [2.45, 2.75) is 19.0 Å². The van der Waals surface area contributed by atoms with Crippen LogP contribution in [0.3, 0.4) is 0 Å². The number of aromatic amines is 1. The SMILES string of the molecule is FC(F)(F)c1cccnc1NCCCc1ncn[nH]1. The number of nitrogens with zero attached hydrogens (tertiary/aromatic N) is 3. The third-order valence-corrected chi connectivity index (χ3v) is 2.46. The molecule has 2 N–H and O–H groups in total. The molecule has 2 aromatic heterocycles. The highest BCUT2D eigenvalue weighted by Crippen LogP contribution is 2.33. The average molecular weight is 271 g/mol. The van der Waals surface area contributed by atoms with Crippen molar-refractivity contribution in [2.75, 3.05) is 11.9 Å². The maximum absolute atomic E-state index is 12.7. The number of anilines is 1. The van der Waals surface area contributed by atoms with Crippen molar-refractivity contribution >= 4 is 5.82 Å². The highest BCUT2D eigenvalue weighted by atomic mass is 19.4. The lowest BCUT2D eigenvalue weighted by molar-refractivity contribution is -0.137. The first-order valence-electron chi connectivity index (χ1n) is 5.67. The van der Waals surface area contributed by atoms with Gasteiger partial charge in [-0.05, 0) is 18.6 Å². The van der Waals surface area contributed by atoms with Gasteiger partial charge in [-0.3, -0.25) is 5.10 Å². The van der Waals surface area contributed by atoms with Gasteiger partial charge in [0.2, 0.25) is 0 Å². The van der Waals surface area contributed by atoms with Crippen molar-refractivity contribution in [1.82, 2.24) is 20.2 Å². The van der Waals surface area contributed by atoms with Crippen LogP contribution in [0, 0.1) is 0 Å². The Morgan fingerprint density at radius 2 is 2.11 bits per heavy atom. The molecule has 0 unspecified atom stereocenters. The molecule has 5 nitrogen and oxygen atoms in total. The van der Waals surface area contributed by atoms with E-state index in [9.17, 15) is 13.2 Å². The molecule has 19 heavy (non-hydrogen) atoms. The van der Waals surface area contributed by atoms with Crippen molar-refractivity contribution in [2.24, 2.45) is 0 Å². The molecule has 102 valence electrons. The maximum atomic E-state index is 12.7. The summed E-state index contributed by atoms with van der Waals surface area (Å²) < 4.78 is 38.0. The second-order valence-electron chi connectivity index (χ2n) is 3.86. The molecule has 0 bridgehead atoms. The van der Waals surface area contributed by atoms with Crippen LogP contribution in [0.1, 0.15) is 17.8 Å². The molecule has 0 aliphatic carbocycles. The first-order valence-corrected chi connectivity index (χ1v) is 5.67. The van der Waals surface area contributed by atoms with Gasteiger partial charge in [-0.25, -0.2) is 9.97 Å². The van der Waals surface area contributed by atoms with Crippen LogP contribution in [0.15, 0.2) is 24.7 Å². The lowest BCUT2D eigenvalue weighted by Crippen LogP contribution is -2.13. The molecular formula is C11H12F3N5. The molecule has 0 radical (unpaired) electrons. The summed E-state index contributed by atoms with van der Waals surface area (Å²) in [5, 5.41) is 9.06. The quantitative estimate of drug-likeness (QED) is 0.819. The first-order chi connectivity index (χ1) is 9.07. The number of rotatable bonds is 5. The number of hydrogen-bond donors (Lipinski definition) is 2. The van der Waals surface area contributed by atoms with Gasteiger partial charge < -0.3 is 5.32 Å². The van der Waals surface area contributed by atoms with E-state index in [1.165, 1.54) is 18.6 Å². The van der Waals surface area contributed by atoms with Crippen LogP contribution in [-0.4, -0.2) is 26.7 Å². The standard InChI is InChI=1S/C11H12F3N5/c12-11(13,14)8-3-1-5-15-10(8)16-6-2-4-9-17-7-18-19-9/h1,3,5,7H,2,4,6H2,(H,15,16)(H,17,18,19). The summed E-state index contributed by atoms with van der Waals surface area (Å²) >= 11 is 0. The Balaban J connectivity index is 1.89. The largest absolute Gasteiger partial charge is 0.419 e. The van der Waals surface area contributed by atoms with Gasteiger partial charge in [0.05, 0.1) is 5.56 Å². The number of nitrogens with one attached hydrogen (secondary N) is 2. The summed E-state index contributed by atoms with van der Waals surface area (Å²) in [4.78, 5) is 7.64. The Kier molecular flexibility index (Phi) is 3.98. The van der Waals surface area contributed by atoms with Gasteiger partial charge in [-0.15, -0.1) is 0 Å². The molecule has 0 atom stereocenters. The number of H-pyrrole nitrogens is 1. The summed E-state index contributed by atoms with van der Waals surface area (Å²) in [5.41, 5.74) is -0.755. The van der Waals surface area contributed by atoms with Crippen LogP contribution >= 0.6 is 0 Å². The van der Waals surface area contributed by atoms with Gasteiger partial charge in [0.25, 0.3) is 0 Å². The zero-order valence-corrected chi connectivity index (χ0v) is 9.91. The number of hydrogen-bond acceptors (Lipinski definition) is 4. The van der Waals surface area contributed by atoms with Crippen LogP contribution in [-0.2, 0) is 12.6 Å². The Labute approximate surface area is 107 Å². The zero-order chi connectivity index (χ0) is 13.7. The van der Waals surface area contributed by atoms with Crippen LogP contribution in [0.4, 0.5) is 19.0 Å². The second kappa shape index (κ2) is 5.68. The summed E-state index contributed by atoms with van der Waals surface area (Å²) in [6.45, 7) is 0.376. The van der Waals surface area contributed by atoms with Gasteiger partial charge in [-0.1, -0.05) is 0 Å². The molecule has 0 saturated carbocycles. The number of aryl methyl sites for hydroxylation is 1. The predicted molar refractivity (Wildman–Crippen MR) is 62.4 cm³/mol. The highest BCUT2D eigenvalue weighted by molar-refractivity contribution is 5.45. The average Bonchev–Trinajstić information content (AvgIpc) is 2.87. The van der Waals surface area contributed by atoms with E-state index in [0.717, 1.165) is 6.07 Å². The summed E-state index contributed by atoms with van der Waals surface area (Å²) in [5.74, 6) is 0.562. The fourth-order valence-corrected chi connectivity index (χ4v) is 1.59. The van der Waals surface area contributed by atoms with Crippen LogP contribution in [0.5, 0.6) is 0 Å². The molecule has 0 saturated heterocycles. The minimum absolute atomic E-state index is 0.146. The molecule has 2 heterocycles. The monoisotopic (exact) mass is 271 g/mol. The molecular weight excluding hydrogens is 259 g/mol. The van der Waals surface area contributed by atoms with E-state index in [-0.39, 0.29) is 5.82 Å². The van der Waals surface area contributed by atoms with E-state index in [2.05, 4.69) is 25.5 Å². The van der Waals surface area contributed by atoms with E-state index in [1.807, 2.05) is 0 Å². The maximum Gasteiger partial charge on any atom is 0.419 e. The van der Waals surface area contributed by atoms with Gasteiger partial charge in [0.15, 0.2) is 0 Å². The molecule has 8 heteroatoms. The van der Waals surface area contributed by atoms with E-state index < -0.39 is 11.7 Å². The molecule has 2 aromatic rings. The number of pyridine rings is 1. The highest BCUT2D eigenvalue weighted by Gasteiger charge is 2.33. The molecule has 0 aromatic carbocycles. The topological polar surface area (TPSA) is 66.5 Å². The Morgan fingerprint density at radius 3 is 2.79 bits per heavy atom. The Hall–Kier alpha value is -2.12. The Morgan fingerprint density at radius 1 is 1.26 bits per heavy atom. The second-order valence-corrected chi connectivity index (χ2v) is 3.86. The number of halogens is 3. The Bertz CT molecular complexity index is 509. The minimum atomic E-state index is -4.40. The predicted octanol–water partition coefficient (Wildman–Crippen LogP) is 2.26. The number of alkyl halides is 3. The fourth-order valence-electron chi connectivity index (χ4n) is 1.59. The summed E-state index contributed by atoms with van der Waals surface area (Å²) in [7, 11) is 0. The van der Waals surface area contributed by atoms with Gasteiger partial charge in [-0.2, -0.15) is 18.3 Å². The van der Waals surface area contributed by atoms with Crippen LogP contribution in [0.25, 0.3) is 0 Å². The van der Waals surface area contributed by atoms with E-state index in [1.54, 1.807) is 0 Å². The molecule has 0 fully saturated rings. The summed E-state index contributed by atoms with van der Waals surface area (Å²) in [6.07, 6.45) is -0.441. The van der Waals surface area contributed by atoms with Crippen molar-refractivity contribution in [3.05, 3.63) is 36.0 Å². The normalized spacial score (nSPS) is 11.5. The van der Waals surface area contributed by atoms with Crippen molar-refractivity contribution in [1.29, 1.82) is 0 Å². The van der Waals surface area contributed by atoms with Gasteiger partial charge in [0.1, 0.15) is 18.0 Å². The van der Waals surface area contributed by atoms with Crippen molar-refractivity contribution in [3.63, 3.8) is 0 Å². The van der Waals surface area contributed by atoms with Crippen LogP contribution < -0.4 is 5.32 Å². The van der Waals surface area contributed by atoms with Crippen molar-refractivity contribution < 1.29 is 13.2 Å². The molecule has 0 amide bonds. The zero-order valence-electron chi connectivity index (χ0n) is 9.91. The van der Waals surface area contributed by atoms with E-state index >= 15 is 0 Å². The molecule has 0 aliphatic rings. The first kappa shape index (κ1) is 13.3. The lowest BCUT2D eigenvalue weighted by Gasteiger charge is -2.12. The minimum Gasteiger partial charge on any atom is -0.370 e. The lowest BCUT2D eigenvalue weighted by atomic mass is 10.2. The fraction of sp³-hybridized carbons (Fsp3) is 0.364. The molecule has 0 spiro atoms. The third kappa shape index (κ3) is 3.67. The van der Waals surface area contributed by atoms with Crippen molar-refractivity contribution in [3.8, 4) is 0 Å². The summed E-state index contributed by atoms with van der Waals surface area (Å²) in [6, 6.07) is 2.27. The van der Waals surface area contributed by atoms with Gasteiger partial charge in [0, 0.05) is 19.2 Å². The van der Waals surface area contributed by atoms with Crippen LogP contribution in [0.2, 0.25) is 0 Å².